The van der Waals surface area contributed by atoms with Gasteiger partial charge in [-0.05, 0) is 43.4 Å². The van der Waals surface area contributed by atoms with E-state index in [1.807, 2.05) is 12.3 Å². The molecule has 0 spiro atoms. The zero-order valence-corrected chi connectivity index (χ0v) is 10.3. The molecule has 2 aliphatic rings. The van der Waals surface area contributed by atoms with Crippen LogP contribution in [0.5, 0.6) is 0 Å². The van der Waals surface area contributed by atoms with Crippen molar-refractivity contribution in [3.05, 3.63) is 25.0 Å². The predicted molar refractivity (Wildman–Crippen MR) is 69.9 cm³/mol. The standard InChI is InChI=1S/C14H21N3/c1-2-7-15-14-16-8-9-17(14)10-13(11-3-4-11)12-5-6-12/h2,8-9,11-13H,1,3-7,10H2,(H,15,16). The van der Waals surface area contributed by atoms with E-state index in [0.717, 1.165) is 36.8 Å². The van der Waals surface area contributed by atoms with Crippen molar-refractivity contribution in [2.24, 2.45) is 17.8 Å². The molecular weight excluding hydrogens is 210 g/mol. The summed E-state index contributed by atoms with van der Waals surface area (Å²) in [6.07, 6.45) is 11.7. The van der Waals surface area contributed by atoms with Crippen molar-refractivity contribution in [2.75, 3.05) is 11.9 Å². The van der Waals surface area contributed by atoms with Crippen LogP contribution in [0, 0.1) is 17.8 Å². The number of rotatable bonds is 7. The molecule has 0 aromatic carbocycles. The summed E-state index contributed by atoms with van der Waals surface area (Å²) in [4.78, 5) is 4.37. The van der Waals surface area contributed by atoms with Gasteiger partial charge in [0.05, 0.1) is 0 Å². The van der Waals surface area contributed by atoms with Gasteiger partial charge in [-0.25, -0.2) is 4.98 Å². The van der Waals surface area contributed by atoms with Crippen LogP contribution in [0.2, 0.25) is 0 Å². The van der Waals surface area contributed by atoms with Crippen molar-refractivity contribution >= 4 is 5.95 Å². The zero-order valence-electron chi connectivity index (χ0n) is 10.3. The number of aromatic nitrogens is 2. The minimum Gasteiger partial charge on any atom is -0.352 e. The highest BCUT2D eigenvalue weighted by Gasteiger charge is 2.41. The van der Waals surface area contributed by atoms with Crippen LogP contribution in [0.1, 0.15) is 25.7 Å². The highest BCUT2D eigenvalue weighted by Crippen LogP contribution is 2.50. The van der Waals surface area contributed by atoms with Crippen molar-refractivity contribution < 1.29 is 0 Å². The van der Waals surface area contributed by atoms with Gasteiger partial charge in [-0.1, -0.05) is 6.08 Å². The van der Waals surface area contributed by atoms with E-state index in [1.54, 1.807) is 0 Å². The molecule has 0 unspecified atom stereocenters. The fourth-order valence-electron chi connectivity index (χ4n) is 2.75. The van der Waals surface area contributed by atoms with Gasteiger partial charge in [-0.2, -0.15) is 0 Å². The van der Waals surface area contributed by atoms with Gasteiger partial charge in [-0.15, -0.1) is 6.58 Å². The van der Waals surface area contributed by atoms with Crippen LogP contribution in [0.25, 0.3) is 0 Å². The lowest BCUT2D eigenvalue weighted by Crippen LogP contribution is -2.16. The van der Waals surface area contributed by atoms with Gasteiger partial charge in [-0.3, -0.25) is 0 Å². The van der Waals surface area contributed by atoms with E-state index in [2.05, 4.69) is 27.6 Å². The highest BCUT2D eigenvalue weighted by atomic mass is 15.2. The lowest BCUT2D eigenvalue weighted by molar-refractivity contribution is 0.351. The molecule has 1 aromatic heterocycles. The van der Waals surface area contributed by atoms with Crippen LogP contribution >= 0.6 is 0 Å². The smallest absolute Gasteiger partial charge is 0.203 e. The lowest BCUT2D eigenvalue weighted by Gasteiger charge is -2.17. The number of anilines is 1. The molecule has 0 saturated heterocycles. The van der Waals surface area contributed by atoms with Gasteiger partial charge < -0.3 is 9.88 Å². The molecule has 0 amide bonds. The number of nitrogens with zero attached hydrogens (tertiary/aromatic N) is 2. The summed E-state index contributed by atoms with van der Waals surface area (Å²) >= 11 is 0. The second kappa shape index (κ2) is 4.55. The number of hydrogen-bond donors (Lipinski definition) is 1. The summed E-state index contributed by atoms with van der Waals surface area (Å²) in [5, 5.41) is 3.30. The molecule has 1 heterocycles. The van der Waals surface area contributed by atoms with Crippen molar-refractivity contribution in [1.29, 1.82) is 0 Å². The topological polar surface area (TPSA) is 29.9 Å². The minimum absolute atomic E-state index is 0.786. The third-order valence-corrected chi connectivity index (χ3v) is 3.98. The van der Waals surface area contributed by atoms with Gasteiger partial charge in [0.25, 0.3) is 0 Å². The van der Waals surface area contributed by atoms with Crippen LogP contribution in [0.3, 0.4) is 0 Å². The van der Waals surface area contributed by atoms with Crippen molar-refractivity contribution in [3.63, 3.8) is 0 Å². The van der Waals surface area contributed by atoms with Crippen molar-refractivity contribution in [1.82, 2.24) is 9.55 Å². The van der Waals surface area contributed by atoms with Crippen LogP contribution in [0.15, 0.2) is 25.0 Å². The molecule has 0 atom stereocenters. The maximum absolute atomic E-state index is 4.37. The molecule has 1 aromatic rings. The third-order valence-electron chi connectivity index (χ3n) is 3.98. The summed E-state index contributed by atoms with van der Waals surface area (Å²) in [7, 11) is 0. The summed E-state index contributed by atoms with van der Waals surface area (Å²) in [6, 6.07) is 0. The molecule has 0 radical (unpaired) electrons. The third kappa shape index (κ3) is 2.54. The number of nitrogens with one attached hydrogen (secondary N) is 1. The molecule has 2 fully saturated rings. The summed E-state index contributed by atoms with van der Waals surface area (Å²) in [6.45, 7) is 5.66. The molecule has 3 heteroatoms. The van der Waals surface area contributed by atoms with E-state index in [-0.39, 0.29) is 0 Å². The number of imidazole rings is 1. The van der Waals surface area contributed by atoms with Crippen LogP contribution in [-0.4, -0.2) is 16.1 Å². The first kappa shape index (κ1) is 10.9. The second-order valence-electron chi connectivity index (χ2n) is 5.41. The highest BCUT2D eigenvalue weighted by molar-refractivity contribution is 5.26. The maximum atomic E-state index is 4.37. The number of hydrogen-bond acceptors (Lipinski definition) is 2. The minimum atomic E-state index is 0.786. The van der Waals surface area contributed by atoms with Crippen LogP contribution in [-0.2, 0) is 6.54 Å². The first-order chi connectivity index (χ1) is 8.38. The Balaban J connectivity index is 1.66. The molecule has 3 nitrogen and oxygen atoms in total. The Labute approximate surface area is 103 Å². The van der Waals surface area contributed by atoms with E-state index in [0.29, 0.717) is 0 Å². The molecule has 0 aliphatic heterocycles. The summed E-state index contributed by atoms with van der Waals surface area (Å²) in [5.74, 6) is 3.89. The Morgan fingerprint density at radius 3 is 2.71 bits per heavy atom. The molecule has 1 N–H and O–H groups in total. The second-order valence-corrected chi connectivity index (χ2v) is 5.41. The maximum Gasteiger partial charge on any atom is 0.203 e. The van der Waals surface area contributed by atoms with Gasteiger partial charge in [0.2, 0.25) is 5.95 Å². The van der Waals surface area contributed by atoms with E-state index < -0.39 is 0 Å². The average Bonchev–Trinajstić information content (AvgIpc) is 3.23. The molecule has 2 aliphatic carbocycles. The monoisotopic (exact) mass is 231 g/mol. The average molecular weight is 231 g/mol. The van der Waals surface area contributed by atoms with E-state index >= 15 is 0 Å². The fourth-order valence-corrected chi connectivity index (χ4v) is 2.75. The van der Waals surface area contributed by atoms with E-state index in [4.69, 9.17) is 0 Å². The fraction of sp³-hybridized carbons (Fsp3) is 0.643. The molecule has 92 valence electrons. The molecule has 17 heavy (non-hydrogen) atoms. The van der Waals surface area contributed by atoms with Crippen LogP contribution < -0.4 is 5.32 Å². The Hall–Kier alpha value is -1.25. The Bertz CT molecular complexity index is 376. The summed E-state index contributed by atoms with van der Waals surface area (Å²) in [5.41, 5.74) is 0. The van der Waals surface area contributed by atoms with Gasteiger partial charge >= 0.3 is 0 Å². The quantitative estimate of drug-likeness (QED) is 0.731. The predicted octanol–water partition coefficient (Wildman–Crippen LogP) is 2.92. The Morgan fingerprint density at radius 2 is 2.12 bits per heavy atom. The normalized spacial score (nSPS) is 19.6. The Kier molecular flexibility index (Phi) is 2.91. The molecular formula is C14H21N3. The molecule has 2 saturated carbocycles. The Morgan fingerprint density at radius 1 is 1.41 bits per heavy atom. The largest absolute Gasteiger partial charge is 0.352 e. The van der Waals surface area contributed by atoms with E-state index in [1.165, 1.54) is 25.7 Å². The SMILES string of the molecule is C=CCNc1nccn1CC(C1CC1)C1CC1. The van der Waals surface area contributed by atoms with Gasteiger partial charge in [0, 0.05) is 25.5 Å². The van der Waals surface area contributed by atoms with Crippen molar-refractivity contribution in [2.45, 2.75) is 32.2 Å². The van der Waals surface area contributed by atoms with Gasteiger partial charge in [0.15, 0.2) is 0 Å². The van der Waals surface area contributed by atoms with Gasteiger partial charge in [0.1, 0.15) is 0 Å². The lowest BCUT2D eigenvalue weighted by atomic mass is 9.98. The first-order valence-electron chi connectivity index (χ1n) is 6.74. The molecule has 0 bridgehead atoms. The first-order valence-corrected chi connectivity index (χ1v) is 6.74. The van der Waals surface area contributed by atoms with Crippen LogP contribution in [0.4, 0.5) is 5.95 Å². The molecule has 3 rings (SSSR count). The zero-order chi connectivity index (χ0) is 11.7. The van der Waals surface area contributed by atoms with Crippen molar-refractivity contribution in [3.8, 4) is 0 Å². The van der Waals surface area contributed by atoms with E-state index in [9.17, 15) is 0 Å². The summed E-state index contributed by atoms with van der Waals surface area (Å²) < 4.78 is 2.28.